The van der Waals surface area contributed by atoms with Crippen LogP contribution in [-0.2, 0) is 24.3 Å². The molecule has 1 aliphatic rings. The molecule has 0 spiro atoms. The van der Waals surface area contributed by atoms with E-state index in [9.17, 15) is 10.2 Å². The molecular weight excluding hydrogens is 618 g/mol. The summed E-state index contributed by atoms with van der Waals surface area (Å²) in [5.41, 5.74) is 4.93. The van der Waals surface area contributed by atoms with Crippen LogP contribution in [0.3, 0.4) is 0 Å². The number of hydrogen-bond acceptors (Lipinski definition) is 5. The molecule has 0 saturated heterocycles. The van der Waals surface area contributed by atoms with Crippen molar-refractivity contribution in [3.8, 4) is 22.6 Å². The second-order valence-corrected chi connectivity index (χ2v) is 12.7. The van der Waals surface area contributed by atoms with Gasteiger partial charge in [0, 0.05) is 30.8 Å². The summed E-state index contributed by atoms with van der Waals surface area (Å²) in [6, 6.07) is 47.0. The van der Waals surface area contributed by atoms with Crippen molar-refractivity contribution in [3.05, 3.63) is 203 Å². The summed E-state index contributed by atoms with van der Waals surface area (Å²) in [5.74, 6) is 1.29. The third-order valence-electron chi connectivity index (χ3n) is 9.94. The summed E-state index contributed by atoms with van der Waals surface area (Å²) in [7, 11) is 3.34. The Bertz CT molecular complexity index is 1870. The Labute approximate surface area is 294 Å². The first-order valence-corrected chi connectivity index (χ1v) is 16.9. The number of nitrogens with zero attached hydrogens (tertiary/aromatic N) is 1. The van der Waals surface area contributed by atoms with Gasteiger partial charge in [0.25, 0.3) is 0 Å². The second kappa shape index (κ2) is 13.8. The Hall–Kier alpha value is -5.46. The Balaban J connectivity index is 1.61. The van der Waals surface area contributed by atoms with Crippen molar-refractivity contribution in [2.24, 2.45) is 0 Å². The topological polar surface area (TPSA) is 62.2 Å². The number of rotatable bonds is 10. The van der Waals surface area contributed by atoms with Gasteiger partial charge in [0.15, 0.2) is 0 Å². The predicted molar refractivity (Wildman–Crippen MR) is 199 cm³/mol. The van der Waals surface area contributed by atoms with Crippen molar-refractivity contribution in [2.75, 3.05) is 20.8 Å². The molecule has 2 N–H and O–H groups in total. The molecule has 250 valence electrons. The van der Waals surface area contributed by atoms with E-state index in [4.69, 9.17) is 9.47 Å². The number of methoxy groups -OCH3 is 2. The van der Waals surface area contributed by atoms with Crippen LogP contribution in [0.1, 0.15) is 44.5 Å². The molecule has 0 fully saturated rings. The van der Waals surface area contributed by atoms with E-state index in [1.165, 1.54) is 0 Å². The molecule has 1 aliphatic heterocycles. The number of benzene rings is 6. The van der Waals surface area contributed by atoms with Gasteiger partial charge in [0.2, 0.25) is 0 Å². The lowest BCUT2D eigenvalue weighted by Crippen LogP contribution is -2.33. The Kier molecular flexibility index (Phi) is 9.13. The van der Waals surface area contributed by atoms with E-state index in [2.05, 4.69) is 11.5 Å². The van der Waals surface area contributed by atoms with Gasteiger partial charge in [0.05, 0.1) is 14.2 Å². The summed E-state index contributed by atoms with van der Waals surface area (Å²) < 4.78 is 12.3. The Morgan fingerprint density at radius 3 is 1.14 bits per heavy atom. The van der Waals surface area contributed by atoms with Crippen LogP contribution in [0.25, 0.3) is 11.1 Å². The predicted octanol–water partition coefficient (Wildman–Crippen LogP) is 8.44. The van der Waals surface area contributed by atoms with E-state index in [0.29, 0.717) is 31.1 Å². The molecule has 0 amide bonds. The summed E-state index contributed by atoms with van der Waals surface area (Å²) in [6.07, 6.45) is 1.89. The minimum Gasteiger partial charge on any atom is -0.496 e. The van der Waals surface area contributed by atoms with Crippen LogP contribution in [0.2, 0.25) is 0 Å². The smallest absolute Gasteiger partial charge is 0.140 e. The molecule has 0 aliphatic carbocycles. The summed E-state index contributed by atoms with van der Waals surface area (Å²) in [4.78, 5) is 2.29. The first kappa shape index (κ1) is 33.1. The Morgan fingerprint density at radius 2 is 0.860 bits per heavy atom. The molecule has 0 bridgehead atoms. The van der Waals surface area contributed by atoms with Crippen molar-refractivity contribution < 1.29 is 19.7 Å². The number of aliphatic hydroxyl groups is 2. The lowest BCUT2D eigenvalue weighted by Gasteiger charge is -2.34. The number of ether oxygens (including phenoxy) is 2. The summed E-state index contributed by atoms with van der Waals surface area (Å²) in [6.45, 7) is 5.62. The van der Waals surface area contributed by atoms with Gasteiger partial charge in [-0.3, -0.25) is 4.90 Å². The van der Waals surface area contributed by atoms with Crippen LogP contribution in [0.15, 0.2) is 158 Å². The number of fused-ring (bicyclic) bond motifs is 3. The Morgan fingerprint density at radius 1 is 0.540 bits per heavy atom. The van der Waals surface area contributed by atoms with Crippen LogP contribution in [0, 0.1) is 0 Å². The minimum atomic E-state index is -1.50. The normalized spacial score (nSPS) is 13.1. The van der Waals surface area contributed by atoms with Gasteiger partial charge in [0.1, 0.15) is 22.7 Å². The zero-order valence-corrected chi connectivity index (χ0v) is 28.4. The molecular formula is C45H41NO4. The van der Waals surface area contributed by atoms with Crippen molar-refractivity contribution in [3.63, 3.8) is 0 Å². The average molecular weight is 660 g/mol. The van der Waals surface area contributed by atoms with E-state index in [1.807, 2.05) is 152 Å². The molecule has 0 saturated carbocycles. The van der Waals surface area contributed by atoms with Crippen molar-refractivity contribution in [1.82, 2.24) is 4.90 Å². The molecule has 0 aromatic heterocycles. The largest absolute Gasteiger partial charge is 0.496 e. The van der Waals surface area contributed by atoms with Gasteiger partial charge in [-0.15, -0.1) is 6.58 Å². The highest BCUT2D eigenvalue weighted by Gasteiger charge is 2.42. The van der Waals surface area contributed by atoms with Gasteiger partial charge >= 0.3 is 0 Å². The molecule has 0 unspecified atom stereocenters. The highest BCUT2D eigenvalue weighted by molar-refractivity contribution is 5.85. The van der Waals surface area contributed by atoms with Gasteiger partial charge in [-0.2, -0.15) is 0 Å². The highest BCUT2D eigenvalue weighted by atomic mass is 16.5. The maximum atomic E-state index is 13.2. The van der Waals surface area contributed by atoms with Crippen LogP contribution in [0.5, 0.6) is 11.5 Å². The molecule has 1 heterocycles. The maximum absolute atomic E-state index is 13.2. The molecule has 5 heteroatoms. The van der Waals surface area contributed by atoms with E-state index in [-0.39, 0.29) is 0 Å². The van der Waals surface area contributed by atoms with Gasteiger partial charge in [-0.1, -0.05) is 140 Å². The zero-order valence-electron chi connectivity index (χ0n) is 28.4. The highest BCUT2D eigenvalue weighted by Crippen LogP contribution is 2.52. The van der Waals surface area contributed by atoms with E-state index < -0.39 is 11.2 Å². The zero-order chi connectivity index (χ0) is 34.7. The van der Waals surface area contributed by atoms with Crippen LogP contribution in [-0.4, -0.2) is 35.9 Å². The van der Waals surface area contributed by atoms with Crippen molar-refractivity contribution in [2.45, 2.75) is 24.3 Å². The first-order chi connectivity index (χ1) is 24.4. The SMILES string of the molecule is C=CCN1Cc2c(C(O)(c3ccccc3)c3ccccc3)ccc(OC)c2-c2c(OC)ccc(C(O)(c3ccccc3)c3ccccc3)c2C1. The minimum absolute atomic E-state index is 0.474. The summed E-state index contributed by atoms with van der Waals surface area (Å²) >= 11 is 0. The fourth-order valence-electron chi connectivity index (χ4n) is 7.63. The quantitative estimate of drug-likeness (QED) is 0.114. The molecule has 6 aromatic carbocycles. The van der Waals surface area contributed by atoms with Crippen molar-refractivity contribution >= 4 is 0 Å². The fourth-order valence-corrected chi connectivity index (χ4v) is 7.63. The van der Waals surface area contributed by atoms with Crippen LogP contribution in [0.4, 0.5) is 0 Å². The monoisotopic (exact) mass is 659 g/mol. The lowest BCUT2D eigenvalue weighted by atomic mass is 9.74. The second-order valence-electron chi connectivity index (χ2n) is 12.7. The third-order valence-corrected chi connectivity index (χ3v) is 9.94. The maximum Gasteiger partial charge on any atom is 0.140 e. The molecule has 0 radical (unpaired) electrons. The lowest BCUT2D eigenvalue weighted by molar-refractivity contribution is 0.122. The fraction of sp³-hybridized carbons (Fsp3) is 0.156. The van der Waals surface area contributed by atoms with Gasteiger partial charge in [-0.25, -0.2) is 0 Å². The number of hydrogen-bond donors (Lipinski definition) is 2. The van der Waals surface area contributed by atoms with E-state index in [1.54, 1.807) is 14.2 Å². The van der Waals surface area contributed by atoms with Crippen LogP contribution >= 0.6 is 0 Å². The molecule has 7 rings (SSSR count). The first-order valence-electron chi connectivity index (χ1n) is 16.9. The van der Waals surface area contributed by atoms with Crippen LogP contribution < -0.4 is 9.47 Å². The average Bonchev–Trinajstić information content (AvgIpc) is 3.35. The van der Waals surface area contributed by atoms with Gasteiger partial charge in [-0.05, 0) is 56.6 Å². The summed E-state index contributed by atoms with van der Waals surface area (Å²) in [5, 5.41) is 26.3. The molecule has 6 aromatic rings. The molecule has 5 nitrogen and oxygen atoms in total. The van der Waals surface area contributed by atoms with Gasteiger partial charge < -0.3 is 19.7 Å². The van der Waals surface area contributed by atoms with Crippen molar-refractivity contribution in [1.29, 1.82) is 0 Å². The molecule has 50 heavy (non-hydrogen) atoms. The molecule has 0 atom stereocenters. The standard InChI is InChI=1S/C45H41NO4/c1-4-29-46-30-36-38(44(47,32-17-9-5-10-18-32)33-19-11-6-12-20-33)25-27-40(49-2)42(36)43-37(31-46)39(26-28-41(43)50-3)45(48,34-21-13-7-14-22-34)35-23-15-8-16-24-35/h4-28,47-48H,1,29-31H2,2-3H3. The van der Waals surface area contributed by atoms with E-state index in [0.717, 1.165) is 55.6 Å². The third kappa shape index (κ3) is 5.50. The van der Waals surface area contributed by atoms with E-state index >= 15 is 0 Å².